The second kappa shape index (κ2) is 9.55. The molecule has 0 aromatic carbocycles. The third-order valence-corrected chi connectivity index (χ3v) is 3.23. The number of amides is 1. The van der Waals surface area contributed by atoms with E-state index in [2.05, 4.69) is 10.1 Å². The highest BCUT2D eigenvalue weighted by atomic mass is 16.6. The molecule has 7 heteroatoms. The summed E-state index contributed by atoms with van der Waals surface area (Å²) < 4.78 is 20.4. The molecular formula is C13H23NO6. The molecule has 3 unspecified atom stereocenters. The molecule has 0 aromatic heterocycles. The van der Waals surface area contributed by atoms with Crippen LogP contribution in [0, 0.1) is 0 Å². The van der Waals surface area contributed by atoms with Gasteiger partial charge in [-0.25, -0.2) is 4.79 Å². The summed E-state index contributed by atoms with van der Waals surface area (Å²) in [4.78, 5) is 21.6. The average Bonchev–Trinajstić information content (AvgIpc) is 2.45. The minimum Gasteiger partial charge on any atom is -0.468 e. The molecule has 0 saturated carbocycles. The number of carbonyl (C=O) groups excluding carboxylic acids is 2. The van der Waals surface area contributed by atoms with Gasteiger partial charge in [0.15, 0.2) is 0 Å². The molecule has 0 radical (unpaired) electrons. The molecule has 1 heterocycles. The SMILES string of the molecule is COC1CCOC(C)C1NC(=O)OCCCCOC=O. The monoisotopic (exact) mass is 289 g/mol. The number of unbranched alkanes of at least 4 members (excludes halogenated alkanes) is 1. The van der Waals surface area contributed by atoms with E-state index in [-0.39, 0.29) is 24.9 Å². The Hall–Kier alpha value is -1.34. The molecule has 3 atom stereocenters. The largest absolute Gasteiger partial charge is 0.468 e. The van der Waals surface area contributed by atoms with Crippen molar-refractivity contribution < 1.29 is 28.5 Å². The van der Waals surface area contributed by atoms with Crippen LogP contribution in [0.3, 0.4) is 0 Å². The smallest absolute Gasteiger partial charge is 0.407 e. The number of rotatable bonds is 8. The van der Waals surface area contributed by atoms with Gasteiger partial charge in [-0.15, -0.1) is 0 Å². The molecular weight excluding hydrogens is 266 g/mol. The molecule has 0 spiro atoms. The molecule has 1 rings (SSSR count). The van der Waals surface area contributed by atoms with Crippen LogP contribution in [0.2, 0.25) is 0 Å². The third kappa shape index (κ3) is 5.75. The summed E-state index contributed by atoms with van der Waals surface area (Å²) in [5.74, 6) is 0. The Balaban J connectivity index is 2.21. The first-order valence-corrected chi connectivity index (χ1v) is 6.82. The standard InChI is InChI=1S/C13H23NO6/c1-10-12(11(17-2)5-8-19-10)14-13(16)20-7-4-3-6-18-9-15/h9-12H,3-8H2,1-2H3,(H,14,16). The summed E-state index contributed by atoms with van der Waals surface area (Å²) in [7, 11) is 1.62. The lowest BCUT2D eigenvalue weighted by atomic mass is 10.0. The Bertz CT molecular complexity index is 299. The predicted molar refractivity (Wildman–Crippen MR) is 70.3 cm³/mol. The fourth-order valence-electron chi connectivity index (χ4n) is 2.11. The van der Waals surface area contributed by atoms with Gasteiger partial charge in [-0.3, -0.25) is 4.79 Å². The van der Waals surface area contributed by atoms with Crippen molar-refractivity contribution in [1.29, 1.82) is 0 Å². The summed E-state index contributed by atoms with van der Waals surface area (Å²) >= 11 is 0. The zero-order valence-corrected chi connectivity index (χ0v) is 12.0. The molecule has 1 aliphatic heterocycles. The number of ether oxygens (including phenoxy) is 4. The lowest BCUT2D eigenvalue weighted by Crippen LogP contribution is -2.54. The van der Waals surface area contributed by atoms with Gasteiger partial charge in [0.2, 0.25) is 0 Å². The Labute approximate surface area is 118 Å². The van der Waals surface area contributed by atoms with E-state index in [1.165, 1.54) is 0 Å². The highest BCUT2D eigenvalue weighted by molar-refractivity contribution is 5.67. The lowest BCUT2D eigenvalue weighted by Gasteiger charge is -2.35. The van der Waals surface area contributed by atoms with Crippen LogP contribution >= 0.6 is 0 Å². The number of carbonyl (C=O) groups is 2. The minimum absolute atomic E-state index is 0.0627. The van der Waals surface area contributed by atoms with Crippen molar-refractivity contribution in [2.24, 2.45) is 0 Å². The summed E-state index contributed by atoms with van der Waals surface area (Å²) in [5, 5.41) is 2.77. The van der Waals surface area contributed by atoms with Gasteiger partial charge in [-0.05, 0) is 26.2 Å². The number of hydrogen-bond donors (Lipinski definition) is 1. The van der Waals surface area contributed by atoms with Crippen molar-refractivity contribution in [3.63, 3.8) is 0 Å². The second-order valence-corrected chi connectivity index (χ2v) is 4.62. The van der Waals surface area contributed by atoms with Crippen LogP contribution in [-0.2, 0) is 23.7 Å². The molecule has 0 aromatic rings. The van der Waals surface area contributed by atoms with Crippen molar-refractivity contribution in [2.75, 3.05) is 26.9 Å². The van der Waals surface area contributed by atoms with E-state index < -0.39 is 6.09 Å². The molecule has 1 aliphatic rings. The van der Waals surface area contributed by atoms with Gasteiger partial charge in [0.05, 0.1) is 31.5 Å². The zero-order chi connectivity index (χ0) is 14.8. The van der Waals surface area contributed by atoms with Crippen molar-refractivity contribution in [2.45, 2.75) is 44.4 Å². The number of alkyl carbamates (subject to hydrolysis) is 1. The van der Waals surface area contributed by atoms with E-state index in [1.54, 1.807) is 7.11 Å². The van der Waals surface area contributed by atoms with E-state index in [1.807, 2.05) is 6.92 Å². The summed E-state index contributed by atoms with van der Waals surface area (Å²) in [6.07, 6.45) is 1.40. The van der Waals surface area contributed by atoms with E-state index in [0.29, 0.717) is 32.5 Å². The fourth-order valence-corrected chi connectivity index (χ4v) is 2.11. The topological polar surface area (TPSA) is 83.1 Å². The molecule has 1 amide bonds. The average molecular weight is 289 g/mol. The minimum atomic E-state index is -0.481. The Kier molecular flexibility index (Phi) is 7.98. The second-order valence-electron chi connectivity index (χ2n) is 4.62. The quantitative estimate of drug-likeness (QED) is 0.527. The van der Waals surface area contributed by atoms with Crippen LogP contribution in [0.1, 0.15) is 26.2 Å². The molecule has 1 fully saturated rings. The van der Waals surface area contributed by atoms with Crippen LogP contribution in [0.15, 0.2) is 0 Å². The molecule has 20 heavy (non-hydrogen) atoms. The van der Waals surface area contributed by atoms with Gasteiger partial charge in [-0.2, -0.15) is 0 Å². The van der Waals surface area contributed by atoms with Gasteiger partial charge in [-0.1, -0.05) is 0 Å². The number of hydrogen-bond acceptors (Lipinski definition) is 6. The van der Waals surface area contributed by atoms with Crippen LogP contribution in [0.5, 0.6) is 0 Å². The van der Waals surface area contributed by atoms with Crippen molar-refractivity contribution >= 4 is 12.6 Å². The Morgan fingerprint density at radius 3 is 2.85 bits per heavy atom. The maximum Gasteiger partial charge on any atom is 0.407 e. The molecule has 7 nitrogen and oxygen atoms in total. The van der Waals surface area contributed by atoms with Gasteiger partial charge in [0, 0.05) is 13.7 Å². The van der Waals surface area contributed by atoms with E-state index in [4.69, 9.17) is 14.2 Å². The van der Waals surface area contributed by atoms with E-state index >= 15 is 0 Å². The van der Waals surface area contributed by atoms with Crippen LogP contribution in [0.4, 0.5) is 4.79 Å². The fraction of sp³-hybridized carbons (Fsp3) is 0.846. The van der Waals surface area contributed by atoms with Gasteiger partial charge >= 0.3 is 6.09 Å². The van der Waals surface area contributed by atoms with Crippen molar-refractivity contribution in [1.82, 2.24) is 5.32 Å². The van der Waals surface area contributed by atoms with Gasteiger partial charge < -0.3 is 24.3 Å². The number of methoxy groups -OCH3 is 1. The van der Waals surface area contributed by atoms with Crippen molar-refractivity contribution in [3.8, 4) is 0 Å². The van der Waals surface area contributed by atoms with Crippen LogP contribution < -0.4 is 5.32 Å². The summed E-state index contributed by atoms with van der Waals surface area (Å²) in [5.41, 5.74) is 0. The molecule has 0 aliphatic carbocycles. The first-order valence-electron chi connectivity index (χ1n) is 6.82. The third-order valence-electron chi connectivity index (χ3n) is 3.23. The highest BCUT2D eigenvalue weighted by Gasteiger charge is 2.33. The van der Waals surface area contributed by atoms with E-state index in [9.17, 15) is 9.59 Å². The summed E-state index contributed by atoms with van der Waals surface area (Å²) in [6, 6.07) is -0.209. The first kappa shape index (κ1) is 16.7. The zero-order valence-electron chi connectivity index (χ0n) is 12.0. The summed E-state index contributed by atoms with van der Waals surface area (Å²) in [6.45, 7) is 3.56. The maximum absolute atomic E-state index is 11.7. The maximum atomic E-state index is 11.7. The normalized spacial score (nSPS) is 25.8. The lowest BCUT2D eigenvalue weighted by molar-refractivity contribution is -0.128. The van der Waals surface area contributed by atoms with Gasteiger partial charge in [0.1, 0.15) is 0 Å². The molecule has 0 bridgehead atoms. The highest BCUT2D eigenvalue weighted by Crippen LogP contribution is 2.17. The predicted octanol–water partition coefficient (Wildman–Crippen LogP) is 0.858. The van der Waals surface area contributed by atoms with E-state index in [0.717, 1.165) is 6.42 Å². The molecule has 1 N–H and O–H groups in total. The van der Waals surface area contributed by atoms with Crippen LogP contribution in [0.25, 0.3) is 0 Å². The molecule has 116 valence electrons. The van der Waals surface area contributed by atoms with Crippen molar-refractivity contribution in [3.05, 3.63) is 0 Å². The Morgan fingerprint density at radius 2 is 2.15 bits per heavy atom. The van der Waals surface area contributed by atoms with Gasteiger partial charge in [0.25, 0.3) is 6.47 Å². The number of nitrogens with one attached hydrogen (secondary N) is 1. The first-order chi connectivity index (χ1) is 9.69. The Morgan fingerprint density at radius 1 is 1.40 bits per heavy atom. The molecule has 1 saturated heterocycles. The van der Waals surface area contributed by atoms with Crippen LogP contribution in [-0.4, -0.2) is 57.7 Å².